The van der Waals surface area contributed by atoms with Crippen molar-refractivity contribution in [1.29, 1.82) is 5.26 Å². The van der Waals surface area contributed by atoms with Gasteiger partial charge in [0.1, 0.15) is 6.07 Å². The molecule has 2 aromatic rings. The second-order valence-corrected chi connectivity index (χ2v) is 5.26. The zero-order valence-electron chi connectivity index (χ0n) is 11.4. The van der Waals surface area contributed by atoms with Crippen LogP contribution in [0.5, 0.6) is 0 Å². The lowest BCUT2D eigenvalue weighted by atomic mass is 10.1. The highest BCUT2D eigenvalue weighted by Crippen LogP contribution is 2.26. The van der Waals surface area contributed by atoms with Crippen LogP contribution < -0.4 is 11.1 Å². The molecule has 20 heavy (non-hydrogen) atoms. The summed E-state index contributed by atoms with van der Waals surface area (Å²) in [6, 6.07) is 16.0. The van der Waals surface area contributed by atoms with Gasteiger partial charge in [-0.25, -0.2) is 0 Å². The molecule has 4 heteroatoms. The van der Waals surface area contributed by atoms with Crippen LogP contribution in [0.25, 0.3) is 0 Å². The minimum atomic E-state index is 0.720. The van der Waals surface area contributed by atoms with Crippen LogP contribution in [0.4, 0.5) is 11.4 Å². The van der Waals surface area contributed by atoms with Gasteiger partial charge in [0.15, 0.2) is 0 Å². The Hall–Kier alpha value is -2.12. The largest absolute Gasteiger partial charge is 0.399 e. The molecule has 3 N–H and O–H groups in total. The molecule has 0 aromatic heterocycles. The highest BCUT2D eigenvalue weighted by atomic mass is 32.2. The Balaban J connectivity index is 2.01. The van der Waals surface area contributed by atoms with Crippen LogP contribution in [-0.2, 0) is 6.42 Å². The molecule has 0 bridgehead atoms. The molecule has 3 nitrogen and oxygen atoms in total. The summed E-state index contributed by atoms with van der Waals surface area (Å²) in [5.41, 5.74) is 9.29. The molecule has 0 fully saturated rings. The van der Waals surface area contributed by atoms with Crippen molar-refractivity contribution >= 4 is 23.1 Å². The minimum Gasteiger partial charge on any atom is -0.399 e. The summed E-state index contributed by atoms with van der Waals surface area (Å²) in [6.07, 6.45) is 2.88. The fraction of sp³-hybridized carbons (Fsp3) is 0.188. The van der Waals surface area contributed by atoms with Gasteiger partial charge in [-0.1, -0.05) is 18.2 Å². The molecular formula is C16H17N3S. The standard InChI is InChI=1S/C16H17N3S/c1-20-16-4-2-3-15(14(16)11-17)19-10-9-12-5-7-13(18)8-6-12/h2-8,19H,9-10,18H2,1H3. The number of hydrogen-bond donors (Lipinski definition) is 2. The summed E-state index contributed by atoms with van der Waals surface area (Å²) in [4.78, 5) is 1.00. The number of nitriles is 1. The molecule has 0 spiro atoms. The number of hydrogen-bond acceptors (Lipinski definition) is 4. The third kappa shape index (κ3) is 3.46. The second-order valence-electron chi connectivity index (χ2n) is 4.41. The van der Waals surface area contributed by atoms with E-state index in [4.69, 9.17) is 5.73 Å². The molecule has 0 radical (unpaired) electrons. The van der Waals surface area contributed by atoms with E-state index in [2.05, 4.69) is 11.4 Å². The van der Waals surface area contributed by atoms with Crippen LogP contribution in [0, 0.1) is 11.3 Å². The molecular weight excluding hydrogens is 266 g/mol. The maximum absolute atomic E-state index is 9.26. The van der Waals surface area contributed by atoms with Crippen LogP contribution in [0.3, 0.4) is 0 Å². The first-order valence-corrected chi connectivity index (χ1v) is 7.62. The summed E-state index contributed by atoms with van der Waals surface area (Å²) in [6.45, 7) is 0.788. The first-order valence-electron chi connectivity index (χ1n) is 6.40. The van der Waals surface area contributed by atoms with Gasteiger partial charge in [0, 0.05) is 17.1 Å². The summed E-state index contributed by atoms with van der Waals surface area (Å²) >= 11 is 1.59. The molecule has 0 aliphatic rings. The lowest BCUT2D eigenvalue weighted by Crippen LogP contribution is -2.06. The second kappa shape index (κ2) is 6.88. The van der Waals surface area contributed by atoms with Crippen LogP contribution in [0.2, 0.25) is 0 Å². The Morgan fingerprint density at radius 3 is 2.60 bits per heavy atom. The number of thioether (sulfide) groups is 1. The van der Waals surface area contributed by atoms with Gasteiger partial charge in [0.25, 0.3) is 0 Å². The first kappa shape index (κ1) is 14.3. The molecule has 0 heterocycles. The van der Waals surface area contributed by atoms with E-state index in [1.165, 1.54) is 5.56 Å². The highest BCUT2D eigenvalue weighted by Gasteiger charge is 2.06. The average molecular weight is 283 g/mol. The molecule has 2 aromatic carbocycles. The fourth-order valence-electron chi connectivity index (χ4n) is 1.99. The minimum absolute atomic E-state index is 0.720. The van der Waals surface area contributed by atoms with E-state index >= 15 is 0 Å². The van der Waals surface area contributed by atoms with Crippen molar-refractivity contribution in [3.8, 4) is 6.07 Å². The maximum atomic E-state index is 9.26. The number of nitrogen functional groups attached to an aromatic ring is 1. The van der Waals surface area contributed by atoms with Crippen LogP contribution in [0.15, 0.2) is 47.4 Å². The van der Waals surface area contributed by atoms with Crippen molar-refractivity contribution in [1.82, 2.24) is 0 Å². The van der Waals surface area contributed by atoms with E-state index in [0.717, 1.165) is 34.8 Å². The topological polar surface area (TPSA) is 61.8 Å². The van der Waals surface area contributed by atoms with Crippen LogP contribution in [-0.4, -0.2) is 12.8 Å². The smallest absolute Gasteiger partial charge is 0.102 e. The van der Waals surface area contributed by atoms with Gasteiger partial charge in [-0.2, -0.15) is 5.26 Å². The average Bonchev–Trinajstić information content (AvgIpc) is 2.49. The van der Waals surface area contributed by atoms with Gasteiger partial charge in [0.05, 0.1) is 11.3 Å². The Bertz CT molecular complexity index is 615. The molecule has 2 rings (SSSR count). The third-order valence-corrected chi connectivity index (χ3v) is 3.85. The van der Waals surface area contributed by atoms with E-state index in [1.807, 2.05) is 48.7 Å². The number of benzene rings is 2. The van der Waals surface area contributed by atoms with E-state index in [-0.39, 0.29) is 0 Å². The van der Waals surface area contributed by atoms with Crippen molar-refractivity contribution in [2.45, 2.75) is 11.3 Å². The van der Waals surface area contributed by atoms with E-state index in [1.54, 1.807) is 11.8 Å². The molecule has 0 saturated carbocycles. The van der Waals surface area contributed by atoms with Gasteiger partial charge in [-0.05, 0) is 42.5 Å². The maximum Gasteiger partial charge on any atom is 0.102 e. The molecule has 0 atom stereocenters. The zero-order chi connectivity index (χ0) is 14.4. The van der Waals surface area contributed by atoms with Crippen molar-refractivity contribution in [3.63, 3.8) is 0 Å². The van der Waals surface area contributed by atoms with Crippen LogP contribution >= 0.6 is 11.8 Å². The molecule has 0 amide bonds. The van der Waals surface area contributed by atoms with Gasteiger partial charge in [-0.3, -0.25) is 0 Å². The third-order valence-electron chi connectivity index (χ3n) is 3.07. The predicted octanol–water partition coefficient (Wildman–Crippen LogP) is 3.52. The molecule has 0 saturated heterocycles. The quantitative estimate of drug-likeness (QED) is 0.651. The lowest BCUT2D eigenvalue weighted by Gasteiger charge is -2.10. The van der Waals surface area contributed by atoms with E-state index < -0.39 is 0 Å². The summed E-state index contributed by atoms with van der Waals surface area (Å²) in [5, 5.41) is 12.6. The Labute approximate surface area is 123 Å². The zero-order valence-corrected chi connectivity index (χ0v) is 12.2. The van der Waals surface area contributed by atoms with Gasteiger partial charge in [-0.15, -0.1) is 11.8 Å². The summed E-state index contributed by atoms with van der Waals surface area (Å²) < 4.78 is 0. The summed E-state index contributed by atoms with van der Waals surface area (Å²) in [7, 11) is 0. The van der Waals surface area contributed by atoms with Crippen molar-refractivity contribution < 1.29 is 0 Å². The SMILES string of the molecule is CSc1cccc(NCCc2ccc(N)cc2)c1C#N. The predicted molar refractivity (Wildman–Crippen MR) is 86.0 cm³/mol. The van der Waals surface area contributed by atoms with Crippen molar-refractivity contribution in [3.05, 3.63) is 53.6 Å². The van der Waals surface area contributed by atoms with Crippen LogP contribution in [0.1, 0.15) is 11.1 Å². The molecule has 0 aliphatic heterocycles. The Kier molecular flexibility index (Phi) is 4.91. The highest BCUT2D eigenvalue weighted by molar-refractivity contribution is 7.98. The molecule has 0 unspecified atom stereocenters. The number of anilines is 2. The fourth-order valence-corrected chi connectivity index (χ4v) is 2.56. The van der Waals surface area contributed by atoms with E-state index in [0.29, 0.717) is 0 Å². The number of rotatable bonds is 5. The van der Waals surface area contributed by atoms with Crippen molar-refractivity contribution in [2.75, 3.05) is 23.9 Å². The number of nitrogens with two attached hydrogens (primary N) is 1. The Morgan fingerprint density at radius 1 is 1.20 bits per heavy atom. The van der Waals surface area contributed by atoms with Gasteiger partial charge < -0.3 is 11.1 Å². The first-order chi connectivity index (χ1) is 9.74. The van der Waals surface area contributed by atoms with Crippen molar-refractivity contribution in [2.24, 2.45) is 0 Å². The normalized spacial score (nSPS) is 10.0. The lowest BCUT2D eigenvalue weighted by molar-refractivity contribution is 1.02. The monoisotopic (exact) mass is 283 g/mol. The number of nitrogens with one attached hydrogen (secondary N) is 1. The molecule has 102 valence electrons. The summed E-state index contributed by atoms with van der Waals surface area (Å²) in [5.74, 6) is 0. The van der Waals surface area contributed by atoms with Gasteiger partial charge >= 0.3 is 0 Å². The number of nitrogens with zero attached hydrogens (tertiary/aromatic N) is 1. The Morgan fingerprint density at radius 2 is 1.95 bits per heavy atom. The van der Waals surface area contributed by atoms with Gasteiger partial charge in [0.2, 0.25) is 0 Å². The van der Waals surface area contributed by atoms with E-state index in [9.17, 15) is 5.26 Å². The molecule has 0 aliphatic carbocycles.